The van der Waals surface area contributed by atoms with Crippen molar-refractivity contribution in [2.45, 2.75) is 20.0 Å². The van der Waals surface area contributed by atoms with Gasteiger partial charge in [-0.3, -0.25) is 19.4 Å². The molecular weight excluding hydrogens is 322 g/mol. The minimum Gasteiger partial charge on any atom is -0.349 e. The monoisotopic (exact) mass is 345 g/mol. The Bertz CT molecular complexity index is 777. The van der Waals surface area contributed by atoms with Crippen molar-refractivity contribution in [2.75, 3.05) is 33.7 Å². The molecule has 0 aliphatic carbocycles. The zero-order valence-corrected chi connectivity index (χ0v) is 14.7. The summed E-state index contributed by atoms with van der Waals surface area (Å²) in [5.41, 5.74) is 2.50. The number of hydrogen-bond acceptors (Lipinski definition) is 5. The number of carbonyl (C=O) groups is 2. The molecule has 2 aromatic rings. The number of rotatable bonds is 5. The van der Waals surface area contributed by atoms with E-state index in [0.717, 1.165) is 17.9 Å². The average Bonchev–Trinajstić information content (AvgIpc) is 3.19. The number of amides is 2. The second-order valence-corrected chi connectivity index (χ2v) is 6.47. The number of hydrogen-bond donors (Lipinski definition) is 2. The molecule has 3 rings (SSSR count). The highest BCUT2D eigenvalue weighted by molar-refractivity contribution is 5.93. The van der Waals surface area contributed by atoms with Crippen LogP contribution < -0.4 is 5.32 Å². The Hall–Kier alpha value is -2.68. The van der Waals surface area contributed by atoms with E-state index in [0.29, 0.717) is 37.6 Å². The van der Waals surface area contributed by atoms with E-state index in [1.807, 2.05) is 25.9 Å². The minimum absolute atomic E-state index is 0.117. The third-order valence-electron chi connectivity index (χ3n) is 4.09. The van der Waals surface area contributed by atoms with Gasteiger partial charge in [-0.2, -0.15) is 10.2 Å². The van der Waals surface area contributed by atoms with E-state index in [-0.39, 0.29) is 11.8 Å². The predicted octanol–water partition coefficient (Wildman–Crippen LogP) is -0.138. The van der Waals surface area contributed by atoms with Gasteiger partial charge < -0.3 is 15.1 Å². The molecule has 0 atom stereocenters. The molecule has 9 heteroatoms. The normalized spacial score (nSPS) is 13.8. The lowest BCUT2D eigenvalue weighted by atomic mass is 10.2. The Balaban J connectivity index is 1.65. The molecule has 0 fully saturated rings. The first kappa shape index (κ1) is 17.2. The summed E-state index contributed by atoms with van der Waals surface area (Å²) in [4.78, 5) is 28.4. The van der Waals surface area contributed by atoms with Crippen LogP contribution in [0.5, 0.6) is 0 Å². The second-order valence-electron chi connectivity index (χ2n) is 6.47. The molecule has 2 N–H and O–H groups in total. The number of aromatic amines is 1. The fourth-order valence-corrected chi connectivity index (χ4v) is 2.72. The van der Waals surface area contributed by atoms with Gasteiger partial charge in [0.2, 0.25) is 0 Å². The molecule has 2 amide bonds. The third kappa shape index (κ3) is 3.87. The number of nitrogens with one attached hydrogen (secondary N) is 2. The number of H-pyrrole nitrogens is 1. The summed E-state index contributed by atoms with van der Waals surface area (Å²) in [5.74, 6) is -0.307. The van der Waals surface area contributed by atoms with Crippen molar-refractivity contribution in [2.24, 2.45) is 0 Å². The van der Waals surface area contributed by atoms with E-state index in [1.54, 1.807) is 21.7 Å². The molecule has 0 saturated carbocycles. The summed E-state index contributed by atoms with van der Waals surface area (Å²) < 4.78 is 1.79. The van der Waals surface area contributed by atoms with E-state index in [2.05, 4.69) is 20.6 Å². The van der Waals surface area contributed by atoms with Gasteiger partial charge in [-0.25, -0.2) is 0 Å². The molecular formula is C16H23N7O2. The van der Waals surface area contributed by atoms with Gasteiger partial charge in [0.1, 0.15) is 5.69 Å². The van der Waals surface area contributed by atoms with Crippen LogP contribution in [0.4, 0.5) is 0 Å². The van der Waals surface area contributed by atoms with Gasteiger partial charge >= 0.3 is 0 Å². The number of likely N-dealkylation sites (N-methyl/N-ethyl adjacent to an activating group) is 1. The quantitative estimate of drug-likeness (QED) is 0.786. The van der Waals surface area contributed by atoms with Gasteiger partial charge in [-0.15, -0.1) is 0 Å². The maximum atomic E-state index is 12.5. The third-order valence-corrected chi connectivity index (χ3v) is 4.09. The first-order chi connectivity index (χ1) is 11.9. The van der Waals surface area contributed by atoms with Crippen molar-refractivity contribution in [3.8, 4) is 0 Å². The Morgan fingerprint density at radius 2 is 2.08 bits per heavy atom. The lowest BCUT2D eigenvalue weighted by molar-refractivity contribution is 0.0699. The molecule has 0 bridgehead atoms. The summed E-state index contributed by atoms with van der Waals surface area (Å²) in [7, 11) is 3.90. The van der Waals surface area contributed by atoms with Crippen LogP contribution in [-0.2, 0) is 13.1 Å². The van der Waals surface area contributed by atoms with Crippen molar-refractivity contribution in [1.29, 1.82) is 0 Å². The van der Waals surface area contributed by atoms with E-state index in [4.69, 9.17) is 0 Å². The summed E-state index contributed by atoms with van der Waals surface area (Å²) in [6, 6.07) is 3.48. The fourth-order valence-electron chi connectivity index (χ4n) is 2.72. The standard InChI is InChI=1S/C16H23N7O2/c1-11-8-14(19-18-11)16(25)22-6-7-23-12(10-22)9-13(20-23)15(24)17-4-5-21(2)3/h8-9H,4-7,10H2,1-3H3,(H,17,24)(H,18,19). The molecule has 25 heavy (non-hydrogen) atoms. The maximum Gasteiger partial charge on any atom is 0.274 e. The van der Waals surface area contributed by atoms with E-state index in [1.165, 1.54) is 0 Å². The summed E-state index contributed by atoms with van der Waals surface area (Å²) >= 11 is 0. The Labute approximate surface area is 146 Å². The van der Waals surface area contributed by atoms with Crippen LogP contribution in [0.3, 0.4) is 0 Å². The van der Waals surface area contributed by atoms with Crippen molar-refractivity contribution in [3.63, 3.8) is 0 Å². The van der Waals surface area contributed by atoms with Crippen molar-refractivity contribution >= 4 is 11.8 Å². The SMILES string of the molecule is Cc1cc(C(=O)N2CCn3nc(C(=O)NCCN(C)C)cc3C2)n[nH]1. The predicted molar refractivity (Wildman–Crippen MR) is 91.2 cm³/mol. The number of aromatic nitrogens is 4. The smallest absolute Gasteiger partial charge is 0.274 e. The fraction of sp³-hybridized carbons (Fsp3) is 0.500. The highest BCUT2D eigenvalue weighted by atomic mass is 16.2. The lowest BCUT2D eigenvalue weighted by Gasteiger charge is -2.26. The topological polar surface area (TPSA) is 99.2 Å². The van der Waals surface area contributed by atoms with E-state index < -0.39 is 0 Å². The maximum absolute atomic E-state index is 12.5. The van der Waals surface area contributed by atoms with Crippen LogP contribution in [0.1, 0.15) is 32.4 Å². The highest BCUT2D eigenvalue weighted by Crippen LogP contribution is 2.16. The van der Waals surface area contributed by atoms with Crippen molar-refractivity contribution < 1.29 is 9.59 Å². The van der Waals surface area contributed by atoms with Crippen LogP contribution in [0.2, 0.25) is 0 Å². The Morgan fingerprint density at radius 3 is 2.76 bits per heavy atom. The summed E-state index contributed by atoms with van der Waals surface area (Å²) in [6.45, 7) is 4.72. The van der Waals surface area contributed by atoms with Gasteiger partial charge in [-0.05, 0) is 33.2 Å². The molecule has 134 valence electrons. The first-order valence-electron chi connectivity index (χ1n) is 8.25. The number of fused-ring (bicyclic) bond motifs is 1. The van der Waals surface area contributed by atoms with Gasteiger partial charge in [-0.1, -0.05) is 0 Å². The van der Waals surface area contributed by atoms with Gasteiger partial charge in [0.25, 0.3) is 11.8 Å². The van der Waals surface area contributed by atoms with Crippen molar-refractivity contribution in [1.82, 2.24) is 35.1 Å². The zero-order chi connectivity index (χ0) is 18.0. The number of aryl methyl sites for hydroxylation is 1. The van der Waals surface area contributed by atoms with E-state index >= 15 is 0 Å². The zero-order valence-electron chi connectivity index (χ0n) is 14.7. The average molecular weight is 345 g/mol. The molecule has 1 aliphatic heterocycles. The van der Waals surface area contributed by atoms with Crippen LogP contribution in [0, 0.1) is 6.92 Å². The van der Waals surface area contributed by atoms with Crippen LogP contribution in [0.15, 0.2) is 12.1 Å². The van der Waals surface area contributed by atoms with Gasteiger partial charge in [0.15, 0.2) is 5.69 Å². The Kier molecular flexibility index (Phi) is 4.84. The summed E-state index contributed by atoms with van der Waals surface area (Å²) in [6.07, 6.45) is 0. The molecule has 0 radical (unpaired) electrons. The van der Waals surface area contributed by atoms with Crippen LogP contribution >= 0.6 is 0 Å². The number of carbonyl (C=O) groups excluding carboxylic acids is 2. The van der Waals surface area contributed by atoms with E-state index in [9.17, 15) is 9.59 Å². The summed E-state index contributed by atoms with van der Waals surface area (Å²) in [5, 5.41) is 14.0. The molecule has 1 aliphatic rings. The molecule has 2 aromatic heterocycles. The Morgan fingerprint density at radius 1 is 1.28 bits per heavy atom. The van der Waals surface area contributed by atoms with Crippen LogP contribution in [0.25, 0.3) is 0 Å². The lowest BCUT2D eigenvalue weighted by Crippen LogP contribution is -2.38. The molecule has 9 nitrogen and oxygen atoms in total. The highest BCUT2D eigenvalue weighted by Gasteiger charge is 2.25. The number of nitrogens with zero attached hydrogens (tertiary/aromatic N) is 5. The molecule has 0 aromatic carbocycles. The van der Waals surface area contributed by atoms with Gasteiger partial charge in [0, 0.05) is 25.3 Å². The second kappa shape index (κ2) is 7.06. The molecule has 0 unspecified atom stereocenters. The first-order valence-corrected chi connectivity index (χ1v) is 8.25. The molecule has 0 spiro atoms. The largest absolute Gasteiger partial charge is 0.349 e. The molecule has 3 heterocycles. The van der Waals surface area contributed by atoms with Gasteiger partial charge in [0.05, 0.1) is 18.8 Å². The molecule has 0 saturated heterocycles. The minimum atomic E-state index is -0.190. The van der Waals surface area contributed by atoms with Crippen molar-refractivity contribution in [3.05, 3.63) is 34.9 Å². The van der Waals surface area contributed by atoms with Crippen LogP contribution in [-0.4, -0.2) is 75.3 Å².